The molecule has 0 unspecified atom stereocenters. The molecular weight excluding hydrogens is 256 g/mol. The molecule has 3 nitrogen and oxygen atoms in total. The molecule has 0 saturated heterocycles. The summed E-state index contributed by atoms with van der Waals surface area (Å²) in [6, 6.07) is 10.6. The maximum absolute atomic E-state index is 11.2. The number of carbonyl (C=O) groups excluding carboxylic acids is 1. The van der Waals surface area contributed by atoms with E-state index in [1.165, 1.54) is 11.8 Å². The molecule has 0 fully saturated rings. The number of amides is 1. The molecule has 0 spiro atoms. The van der Waals surface area contributed by atoms with Crippen molar-refractivity contribution in [2.45, 2.75) is 9.92 Å². The van der Waals surface area contributed by atoms with Crippen LogP contribution in [0.4, 0.5) is 0 Å². The third-order valence-electron chi connectivity index (χ3n) is 2.06. The molecule has 0 aliphatic rings. The molecular formula is C12H9ClN2OS. The van der Waals surface area contributed by atoms with E-state index in [0.29, 0.717) is 10.6 Å². The van der Waals surface area contributed by atoms with Crippen molar-refractivity contribution in [3.63, 3.8) is 0 Å². The van der Waals surface area contributed by atoms with Gasteiger partial charge in [0.2, 0.25) is 5.91 Å². The smallest absolute Gasteiger partial charge is 0.249 e. The summed E-state index contributed by atoms with van der Waals surface area (Å²) in [6.45, 7) is 0. The Morgan fingerprint density at radius 2 is 2.06 bits per heavy atom. The Kier molecular flexibility index (Phi) is 3.66. The molecule has 86 valence electrons. The van der Waals surface area contributed by atoms with Crippen molar-refractivity contribution >= 4 is 29.3 Å². The van der Waals surface area contributed by atoms with Gasteiger partial charge in [-0.25, -0.2) is 4.98 Å². The molecule has 0 bridgehead atoms. The molecule has 1 aromatic heterocycles. The van der Waals surface area contributed by atoms with E-state index in [0.717, 1.165) is 9.92 Å². The topological polar surface area (TPSA) is 56.0 Å². The third kappa shape index (κ3) is 2.99. The Bertz CT molecular complexity index is 560. The molecule has 5 heteroatoms. The first-order chi connectivity index (χ1) is 8.16. The zero-order chi connectivity index (χ0) is 12.3. The Hall–Kier alpha value is -1.52. The highest BCUT2D eigenvalue weighted by Gasteiger charge is 2.09. The van der Waals surface area contributed by atoms with Crippen LogP contribution in [0.15, 0.2) is 52.5 Å². The number of halogens is 1. The predicted molar refractivity (Wildman–Crippen MR) is 68.3 cm³/mol. The number of hydrogen-bond acceptors (Lipinski definition) is 3. The average Bonchev–Trinajstić information content (AvgIpc) is 2.29. The fourth-order valence-corrected chi connectivity index (χ4v) is 2.49. The van der Waals surface area contributed by atoms with Gasteiger partial charge in [-0.15, -0.1) is 0 Å². The molecule has 1 heterocycles. The van der Waals surface area contributed by atoms with Gasteiger partial charge in [0.05, 0.1) is 5.56 Å². The van der Waals surface area contributed by atoms with Crippen molar-refractivity contribution in [1.29, 1.82) is 0 Å². The quantitative estimate of drug-likeness (QED) is 0.927. The van der Waals surface area contributed by atoms with E-state index < -0.39 is 5.91 Å². The predicted octanol–water partition coefficient (Wildman–Crippen LogP) is 2.99. The summed E-state index contributed by atoms with van der Waals surface area (Å²) in [5.41, 5.74) is 5.78. The van der Waals surface area contributed by atoms with Crippen LogP contribution in [0.1, 0.15) is 10.4 Å². The fourth-order valence-electron chi connectivity index (χ4n) is 1.31. The van der Waals surface area contributed by atoms with Crippen LogP contribution in [0.2, 0.25) is 5.02 Å². The lowest BCUT2D eigenvalue weighted by Gasteiger charge is -2.05. The summed E-state index contributed by atoms with van der Waals surface area (Å²) in [4.78, 5) is 16.2. The highest BCUT2D eigenvalue weighted by atomic mass is 35.5. The van der Waals surface area contributed by atoms with Crippen LogP contribution in [0.3, 0.4) is 0 Å². The van der Waals surface area contributed by atoms with Crippen LogP contribution in [0.25, 0.3) is 0 Å². The second kappa shape index (κ2) is 5.21. The number of carbonyl (C=O) groups is 1. The number of pyridine rings is 1. The molecule has 2 rings (SSSR count). The molecule has 2 N–H and O–H groups in total. The Balaban J connectivity index is 2.33. The standard InChI is InChI=1S/C12H9ClN2OS/c13-8-5-6-15-11(7-8)17-10-4-2-1-3-9(10)12(14)16/h1-7H,(H2,14,16). The highest BCUT2D eigenvalue weighted by molar-refractivity contribution is 7.99. The number of nitrogens with zero attached hydrogens (tertiary/aromatic N) is 1. The number of nitrogens with two attached hydrogens (primary N) is 1. The third-order valence-corrected chi connectivity index (χ3v) is 3.31. The largest absolute Gasteiger partial charge is 0.366 e. The van der Waals surface area contributed by atoms with Crippen LogP contribution in [0, 0.1) is 0 Å². The first-order valence-electron chi connectivity index (χ1n) is 4.85. The van der Waals surface area contributed by atoms with E-state index in [-0.39, 0.29) is 0 Å². The normalized spacial score (nSPS) is 10.2. The molecule has 1 amide bonds. The summed E-state index contributed by atoms with van der Waals surface area (Å²) < 4.78 is 0. The molecule has 1 aromatic carbocycles. The zero-order valence-electron chi connectivity index (χ0n) is 8.76. The molecule has 2 aromatic rings. The van der Waals surface area contributed by atoms with Crippen LogP contribution >= 0.6 is 23.4 Å². The van der Waals surface area contributed by atoms with E-state index in [9.17, 15) is 4.79 Å². The minimum Gasteiger partial charge on any atom is -0.366 e. The lowest BCUT2D eigenvalue weighted by molar-refractivity contribution is 0.0997. The maximum atomic E-state index is 11.2. The minimum atomic E-state index is -0.449. The molecule has 17 heavy (non-hydrogen) atoms. The van der Waals surface area contributed by atoms with Crippen LogP contribution in [-0.4, -0.2) is 10.9 Å². The highest BCUT2D eigenvalue weighted by Crippen LogP contribution is 2.29. The molecule has 0 radical (unpaired) electrons. The van der Waals surface area contributed by atoms with E-state index in [4.69, 9.17) is 17.3 Å². The fraction of sp³-hybridized carbons (Fsp3) is 0. The summed E-state index contributed by atoms with van der Waals surface area (Å²) in [6.07, 6.45) is 1.62. The summed E-state index contributed by atoms with van der Waals surface area (Å²) in [7, 11) is 0. The van der Waals surface area contributed by atoms with Crippen molar-refractivity contribution in [2.24, 2.45) is 5.73 Å². The van der Waals surface area contributed by atoms with Crippen LogP contribution in [0.5, 0.6) is 0 Å². The van der Waals surface area contributed by atoms with Gasteiger partial charge in [0, 0.05) is 16.1 Å². The summed E-state index contributed by atoms with van der Waals surface area (Å²) >= 11 is 7.23. The molecule has 0 saturated carbocycles. The maximum Gasteiger partial charge on any atom is 0.249 e. The lowest BCUT2D eigenvalue weighted by Crippen LogP contribution is -2.11. The second-order valence-electron chi connectivity index (χ2n) is 3.27. The average molecular weight is 265 g/mol. The lowest BCUT2D eigenvalue weighted by atomic mass is 10.2. The Morgan fingerprint density at radius 1 is 1.29 bits per heavy atom. The van der Waals surface area contributed by atoms with Crippen molar-refractivity contribution in [3.8, 4) is 0 Å². The molecule has 0 aliphatic carbocycles. The van der Waals surface area contributed by atoms with Gasteiger partial charge in [-0.1, -0.05) is 35.5 Å². The number of rotatable bonds is 3. The SMILES string of the molecule is NC(=O)c1ccccc1Sc1cc(Cl)ccn1. The Labute approximate surface area is 108 Å². The van der Waals surface area contributed by atoms with Gasteiger partial charge in [0.15, 0.2) is 0 Å². The first-order valence-corrected chi connectivity index (χ1v) is 6.04. The van der Waals surface area contributed by atoms with Crippen LogP contribution in [-0.2, 0) is 0 Å². The van der Waals surface area contributed by atoms with Crippen molar-refractivity contribution in [2.75, 3.05) is 0 Å². The van der Waals surface area contributed by atoms with Crippen molar-refractivity contribution in [1.82, 2.24) is 4.98 Å². The number of benzene rings is 1. The van der Waals surface area contributed by atoms with E-state index in [1.54, 1.807) is 30.5 Å². The van der Waals surface area contributed by atoms with Gasteiger partial charge < -0.3 is 5.73 Å². The minimum absolute atomic E-state index is 0.449. The van der Waals surface area contributed by atoms with E-state index in [2.05, 4.69) is 4.98 Å². The Morgan fingerprint density at radius 3 is 2.76 bits per heavy atom. The van der Waals surface area contributed by atoms with Gasteiger partial charge >= 0.3 is 0 Å². The van der Waals surface area contributed by atoms with E-state index >= 15 is 0 Å². The van der Waals surface area contributed by atoms with Crippen molar-refractivity contribution < 1.29 is 4.79 Å². The van der Waals surface area contributed by atoms with Gasteiger partial charge in [0.25, 0.3) is 0 Å². The molecule has 0 atom stereocenters. The number of primary amides is 1. The number of aromatic nitrogens is 1. The van der Waals surface area contributed by atoms with Gasteiger partial charge in [0.1, 0.15) is 5.03 Å². The summed E-state index contributed by atoms with van der Waals surface area (Å²) in [5.74, 6) is -0.449. The molecule has 0 aliphatic heterocycles. The van der Waals surface area contributed by atoms with Crippen molar-refractivity contribution in [3.05, 3.63) is 53.2 Å². The van der Waals surface area contributed by atoms with Gasteiger partial charge in [-0.3, -0.25) is 4.79 Å². The summed E-state index contributed by atoms with van der Waals surface area (Å²) in [5, 5.41) is 1.34. The van der Waals surface area contributed by atoms with Gasteiger partial charge in [-0.05, 0) is 24.3 Å². The van der Waals surface area contributed by atoms with Crippen LogP contribution < -0.4 is 5.73 Å². The second-order valence-corrected chi connectivity index (χ2v) is 4.77. The zero-order valence-corrected chi connectivity index (χ0v) is 10.3. The first kappa shape index (κ1) is 12.0. The number of hydrogen-bond donors (Lipinski definition) is 1. The van der Waals surface area contributed by atoms with Gasteiger partial charge in [-0.2, -0.15) is 0 Å². The monoisotopic (exact) mass is 264 g/mol. The van der Waals surface area contributed by atoms with E-state index in [1.807, 2.05) is 12.1 Å².